The molecule has 3 nitrogen and oxygen atoms in total. The average Bonchev–Trinajstić information content (AvgIpc) is 1.82. The lowest BCUT2D eigenvalue weighted by atomic mass is 10.2. The van der Waals surface area contributed by atoms with Crippen LogP contribution in [0.4, 0.5) is 0 Å². The molecule has 0 unspecified atom stereocenters. The van der Waals surface area contributed by atoms with Gasteiger partial charge in [-0.25, -0.2) is 0 Å². The molecule has 0 fully saturated rings. The van der Waals surface area contributed by atoms with Crippen molar-refractivity contribution in [3.63, 3.8) is 0 Å². The zero-order valence-corrected chi connectivity index (χ0v) is 8.51. The van der Waals surface area contributed by atoms with Crippen LogP contribution in [0.15, 0.2) is 0 Å². The molecule has 0 aromatic heterocycles. The molecule has 0 aromatic rings. The lowest BCUT2D eigenvalue weighted by Gasteiger charge is -2.10. The van der Waals surface area contributed by atoms with Crippen LogP contribution in [0.2, 0.25) is 6.55 Å². The summed E-state index contributed by atoms with van der Waals surface area (Å²) in [5.74, 6) is 0.232. The lowest BCUT2D eigenvalue weighted by molar-refractivity contribution is -0.133. The molecule has 0 aliphatic heterocycles. The number of hydrogen-bond donors (Lipinski definition) is 0. The summed E-state index contributed by atoms with van der Waals surface area (Å²) in [5, 5.41) is 0. The minimum Gasteiger partial charge on any atom is -0.492 e. The van der Waals surface area contributed by atoms with Crippen molar-refractivity contribution in [2.75, 3.05) is 6.61 Å². The fraction of sp³-hybridized carbons (Fsp3) is 0.857. The van der Waals surface area contributed by atoms with Gasteiger partial charge in [0, 0.05) is 13.5 Å². The van der Waals surface area contributed by atoms with E-state index in [4.69, 9.17) is 8.85 Å². The first kappa shape index (κ1) is 10.6. The van der Waals surface area contributed by atoms with Crippen molar-refractivity contribution in [1.82, 2.24) is 0 Å². The maximum atomic E-state index is 10.4. The SMILES string of the molecule is CC(=O)O[Si](C)OCC(C)C. The van der Waals surface area contributed by atoms with Crippen LogP contribution in [0.5, 0.6) is 0 Å². The Morgan fingerprint density at radius 1 is 1.55 bits per heavy atom. The minimum absolute atomic E-state index is 0.259. The topological polar surface area (TPSA) is 35.5 Å². The average molecular weight is 175 g/mol. The van der Waals surface area contributed by atoms with Crippen molar-refractivity contribution >= 4 is 15.3 Å². The Labute approximate surface area is 69.5 Å². The van der Waals surface area contributed by atoms with Crippen LogP contribution in [0, 0.1) is 5.92 Å². The molecule has 0 spiro atoms. The molecule has 0 aromatic carbocycles. The molecule has 0 saturated carbocycles. The van der Waals surface area contributed by atoms with E-state index in [2.05, 4.69) is 13.8 Å². The van der Waals surface area contributed by atoms with E-state index >= 15 is 0 Å². The van der Waals surface area contributed by atoms with Crippen molar-refractivity contribution in [3.8, 4) is 0 Å². The highest BCUT2D eigenvalue weighted by atomic mass is 28.3. The molecule has 4 heteroatoms. The number of carbonyl (C=O) groups is 1. The molecule has 0 heterocycles. The van der Waals surface area contributed by atoms with E-state index in [1.807, 2.05) is 6.55 Å². The van der Waals surface area contributed by atoms with Gasteiger partial charge < -0.3 is 8.85 Å². The van der Waals surface area contributed by atoms with Gasteiger partial charge in [0.25, 0.3) is 5.97 Å². The molecule has 0 N–H and O–H groups in total. The van der Waals surface area contributed by atoms with E-state index in [1.54, 1.807) is 0 Å². The zero-order valence-electron chi connectivity index (χ0n) is 7.51. The van der Waals surface area contributed by atoms with Gasteiger partial charge in [-0.3, -0.25) is 4.79 Å². The first-order valence-corrected chi connectivity index (χ1v) is 5.48. The van der Waals surface area contributed by atoms with Crippen LogP contribution in [0.1, 0.15) is 20.8 Å². The Morgan fingerprint density at radius 2 is 2.09 bits per heavy atom. The highest BCUT2D eigenvalue weighted by molar-refractivity contribution is 6.44. The number of hydrogen-bond acceptors (Lipinski definition) is 3. The number of rotatable bonds is 4. The van der Waals surface area contributed by atoms with Gasteiger partial charge in [0.05, 0.1) is 0 Å². The van der Waals surface area contributed by atoms with Gasteiger partial charge in [-0.1, -0.05) is 13.8 Å². The molecule has 0 aliphatic rings. The fourth-order valence-corrected chi connectivity index (χ4v) is 1.55. The number of carbonyl (C=O) groups excluding carboxylic acids is 1. The normalized spacial score (nSPS) is 10.7. The molecule has 0 aliphatic carbocycles. The Kier molecular flexibility index (Phi) is 5.15. The summed E-state index contributed by atoms with van der Waals surface area (Å²) in [6, 6.07) is 0. The van der Waals surface area contributed by atoms with Crippen LogP contribution in [0.25, 0.3) is 0 Å². The third kappa shape index (κ3) is 7.54. The largest absolute Gasteiger partial charge is 0.492 e. The molecule has 65 valence electrons. The van der Waals surface area contributed by atoms with Crippen LogP contribution in [-0.2, 0) is 13.6 Å². The quantitative estimate of drug-likeness (QED) is 0.605. The Balaban J connectivity index is 3.37. The third-order valence-corrected chi connectivity index (χ3v) is 2.06. The maximum absolute atomic E-state index is 10.4. The van der Waals surface area contributed by atoms with E-state index < -0.39 is 9.28 Å². The minimum atomic E-state index is -1.33. The van der Waals surface area contributed by atoms with Gasteiger partial charge in [-0.05, 0) is 12.5 Å². The van der Waals surface area contributed by atoms with Gasteiger partial charge in [0.2, 0.25) is 0 Å². The third-order valence-electron chi connectivity index (χ3n) is 0.907. The van der Waals surface area contributed by atoms with Gasteiger partial charge in [0.15, 0.2) is 0 Å². The summed E-state index contributed by atoms with van der Waals surface area (Å²) in [7, 11) is -1.33. The summed E-state index contributed by atoms with van der Waals surface area (Å²) in [4.78, 5) is 10.4. The van der Waals surface area contributed by atoms with E-state index in [0.29, 0.717) is 12.5 Å². The van der Waals surface area contributed by atoms with Gasteiger partial charge in [0.1, 0.15) is 0 Å². The van der Waals surface area contributed by atoms with Gasteiger partial charge in [-0.15, -0.1) is 0 Å². The maximum Gasteiger partial charge on any atom is 0.456 e. The van der Waals surface area contributed by atoms with E-state index in [-0.39, 0.29) is 5.97 Å². The molecule has 11 heavy (non-hydrogen) atoms. The summed E-state index contributed by atoms with van der Waals surface area (Å²) >= 11 is 0. The zero-order chi connectivity index (χ0) is 8.85. The molecular weight excluding hydrogens is 160 g/mol. The highest BCUT2D eigenvalue weighted by Crippen LogP contribution is 1.96. The van der Waals surface area contributed by atoms with Crippen LogP contribution in [0.3, 0.4) is 0 Å². The van der Waals surface area contributed by atoms with Crippen LogP contribution in [-0.4, -0.2) is 21.9 Å². The second-order valence-corrected chi connectivity index (χ2v) is 4.27. The van der Waals surface area contributed by atoms with Crippen molar-refractivity contribution in [1.29, 1.82) is 0 Å². The standard InChI is InChI=1S/C7H15O3Si/c1-6(2)5-9-11(4)10-7(3)8/h6H,5H2,1-4H3. The van der Waals surface area contributed by atoms with E-state index in [9.17, 15) is 4.79 Å². The molecule has 0 amide bonds. The highest BCUT2D eigenvalue weighted by Gasteiger charge is 2.11. The fourth-order valence-electron chi connectivity index (χ4n) is 0.516. The molecular formula is C7H15O3Si. The van der Waals surface area contributed by atoms with Crippen molar-refractivity contribution < 1.29 is 13.6 Å². The van der Waals surface area contributed by atoms with Gasteiger partial charge >= 0.3 is 9.28 Å². The van der Waals surface area contributed by atoms with Crippen molar-refractivity contribution in [3.05, 3.63) is 0 Å². The Hall–Kier alpha value is -0.353. The summed E-state index contributed by atoms with van der Waals surface area (Å²) < 4.78 is 10.1. The molecule has 1 radical (unpaired) electrons. The Morgan fingerprint density at radius 3 is 2.45 bits per heavy atom. The van der Waals surface area contributed by atoms with Crippen molar-refractivity contribution in [2.24, 2.45) is 5.92 Å². The Bertz CT molecular complexity index is 125. The smallest absolute Gasteiger partial charge is 0.456 e. The summed E-state index contributed by atoms with van der Waals surface area (Å²) in [6.07, 6.45) is 0. The van der Waals surface area contributed by atoms with Crippen molar-refractivity contribution in [2.45, 2.75) is 27.3 Å². The molecule has 0 rings (SSSR count). The predicted molar refractivity (Wildman–Crippen MR) is 44.2 cm³/mol. The second-order valence-electron chi connectivity index (χ2n) is 2.79. The second kappa shape index (κ2) is 5.32. The first-order chi connectivity index (χ1) is 5.02. The van der Waals surface area contributed by atoms with Gasteiger partial charge in [-0.2, -0.15) is 0 Å². The lowest BCUT2D eigenvalue weighted by Crippen LogP contribution is -2.23. The molecule has 0 atom stereocenters. The predicted octanol–water partition coefficient (Wildman–Crippen LogP) is 1.34. The van der Waals surface area contributed by atoms with Crippen LogP contribution >= 0.6 is 0 Å². The summed E-state index contributed by atoms with van der Waals surface area (Å²) in [5.41, 5.74) is 0. The monoisotopic (exact) mass is 175 g/mol. The van der Waals surface area contributed by atoms with E-state index in [1.165, 1.54) is 6.92 Å². The summed E-state index contributed by atoms with van der Waals surface area (Å²) in [6.45, 7) is 7.99. The van der Waals surface area contributed by atoms with Crippen LogP contribution < -0.4 is 0 Å². The van der Waals surface area contributed by atoms with E-state index in [0.717, 1.165) is 0 Å². The first-order valence-electron chi connectivity index (χ1n) is 3.67. The molecule has 0 bridgehead atoms. The molecule has 0 saturated heterocycles.